The molecule has 0 radical (unpaired) electrons. The van der Waals surface area contributed by atoms with E-state index in [0.29, 0.717) is 16.7 Å². The van der Waals surface area contributed by atoms with Crippen LogP contribution in [0.5, 0.6) is 0 Å². The van der Waals surface area contributed by atoms with Gasteiger partial charge in [-0.05, 0) is 18.2 Å². The molecule has 0 saturated heterocycles. The summed E-state index contributed by atoms with van der Waals surface area (Å²) in [5.41, 5.74) is -1.45. The fourth-order valence-corrected chi connectivity index (χ4v) is 3.07. The zero-order chi connectivity index (χ0) is 20.9. The fraction of sp³-hybridized carbons (Fsp3) is 0.176. The van der Waals surface area contributed by atoms with Gasteiger partial charge in [0.25, 0.3) is 5.56 Å². The first-order valence-electron chi connectivity index (χ1n) is 8.43. The molecule has 3 N–H and O–H groups in total. The molecule has 0 bridgehead atoms. The molecular weight excluding hydrogens is 382 g/mol. The number of rotatable bonds is 3. The normalized spacial score (nSPS) is 11.2. The van der Waals surface area contributed by atoms with E-state index in [-0.39, 0.29) is 11.2 Å². The summed E-state index contributed by atoms with van der Waals surface area (Å²) in [5.74, 6) is -0.614. The summed E-state index contributed by atoms with van der Waals surface area (Å²) in [4.78, 5) is 69.2. The Morgan fingerprint density at radius 3 is 2.48 bits per heavy atom. The average Bonchev–Trinajstić information content (AvgIpc) is 3.06. The van der Waals surface area contributed by atoms with Crippen molar-refractivity contribution >= 4 is 33.8 Å². The summed E-state index contributed by atoms with van der Waals surface area (Å²) in [6.45, 7) is -0.507. The van der Waals surface area contributed by atoms with Gasteiger partial charge in [0, 0.05) is 19.8 Å². The Morgan fingerprint density at radius 2 is 1.76 bits per heavy atom. The molecule has 0 fully saturated rings. The molecule has 0 unspecified atom stereocenters. The number of carbonyl (C=O) groups is 1. The minimum Gasteiger partial charge on any atom is -0.328 e. The third-order valence-corrected chi connectivity index (χ3v) is 4.51. The number of aryl methyl sites for hydroxylation is 2. The summed E-state index contributed by atoms with van der Waals surface area (Å²) in [6, 6.07) is 4.48. The monoisotopic (exact) mass is 397 g/mol. The zero-order valence-electron chi connectivity index (χ0n) is 15.3. The van der Waals surface area contributed by atoms with E-state index in [1.807, 2.05) is 0 Å². The van der Waals surface area contributed by atoms with Gasteiger partial charge in [-0.1, -0.05) is 0 Å². The second-order valence-corrected chi connectivity index (χ2v) is 6.48. The molecule has 0 spiro atoms. The van der Waals surface area contributed by atoms with Gasteiger partial charge in [0.05, 0.1) is 17.4 Å². The van der Waals surface area contributed by atoms with Gasteiger partial charge in [-0.25, -0.2) is 14.3 Å². The molecule has 0 atom stereocenters. The lowest BCUT2D eigenvalue weighted by Crippen LogP contribution is -2.42. The molecule has 3 aromatic heterocycles. The van der Waals surface area contributed by atoms with Crippen molar-refractivity contribution in [2.24, 2.45) is 14.1 Å². The standard InChI is InChI=1S/C17H15N7O5/c1-22-7-18-13-12(22)16(28)24(17(29)23(13)2)6-11(25)19-8-3-4-9-10(5-8)21-15(27)14(26)20-9/h3-5,7H,6H2,1-2H3,(H,19,25)(H,20,26)(H,21,27). The second kappa shape index (κ2) is 6.44. The van der Waals surface area contributed by atoms with Crippen LogP contribution in [0.4, 0.5) is 5.69 Å². The Kier molecular flexibility index (Phi) is 4.03. The first-order valence-corrected chi connectivity index (χ1v) is 8.43. The number of aromatic amines is 2. The Labute approximate surface area is 160 Å². The highest BCUT2D eigenvalue weighted by atomic mass is 16.2. The van der Waals surface area contributed by atoms with Crippen LogP contribution in [0.2, 0.25) is 0 Å². The fourth-order valence-electron chi connectivity index (χ4n) is 3.07. The highest BCUT2D eigenvalue weighted by molar-refractivity contribution is 5.92. The molecule has 0 aliphatic rings. The van der Waals surface area contributed by atoms with Crippen molar-refractivity contribution < 1.29 is 4.79 Å². The number of fused-ring (bicyclic) bond motifs is 2. The number of hydrogen-bond donors (Lipinski definition) is 3. The summed E-state index contributed by atoms with van der Waals surface area (Å²) in [6.07, 6.45) is 1.41. The molecule has 4 aromatic rings. The van der Waals surface area contributed by atoms with Crippen LogP contribution < -0.4 is 27.7 Å². The van der Waals surface area contributed by atoms with Crippen LogP contribution >= 0.6 is 0 Å². The predicted octanol–water partition coefficient (Wildman–Crippen LogP) is -1.40. The summed E-state index contributed by atoms with van der Waals surface area (Å²) >= 11 is 0. The number of H-pyrrole nitrogens is 2. The van der Waals surface area contributed by atoms with Gasteiger partial charge in [0.15, 0.2) is 11.2 Å². The van der Waals surface area contributed by atoms with Gasteiger partial charge in [0.2, 0.25) is 5.91 Å². The number of nitrogens with zero attached hydrogens (tertiary/aromatic N) is 4. The first-order chi connectivity index (χ1) is 13.8. The SMILES string of the molecule is Cn1cnc2c1c(=O)n(CC(=O)Nc1ccc3[nH]c(=O)c(=O)[nH]c3c1)c(=O)n2C. The molecule has 0 aliphatic heterocycles. The van der Waals surface area contributed by atoms with Crippen molar-refractivity contribution in [3.8, 4) is 0 Å². The lowest BCUT2D eigenvalue weighted by molar-refractivity contribution is -0.116. The van der Waals surface area contributed by atoms with Crippen LogP contribution in [0.3, 0.4) is 0 Å². The summed E-state index contributed by atoms with van der Waals surface area (Å²) in [7, 11) is 3.08. The van der Waals surface area contributed by atoms with Crippen molar-refractivity contribution in [1.82, 2.24) is 28.7 Å². The van der Waals surface area contributed by atoms with Crippen LogP contribution in [-0.2, 0) is 25.4 Å². The van der Waals surface area contributed by atoms with E-state index in [4.69, 9.17) is 0 Å². The molecule has 12 heteroatoms. The van der Waals surface area contributed by atoms with Gasteiger partial charge < -0.3 is 19.9 Å². The van der Waals surface area contributed by atoms with Gasteiger partial charge in [-0.15, -0.1) is 0 Å². The molecular formula is C17H15N7O5. The van der Waals surface area contributed by atoms with Crippen LogP contribution in [-0.4, -0.2) is 34.6 Å². The van der Waals surface area contributed by atoms with Crippen LogP contribution in [0.15, 0.2) is 43.7 Å². The predicted molar refractivity (Wildman–Crippen MR) is 104 cm³/mol. The smallest absolute Gasteiger partial charge is 0.328 e. The third-order valence-electron chi connectivity index (χ3n) is 4.51. The maximum Gasteiger partial charge on any atom is 0.332 e. The Morgan fingerprint density at radius 1 is 1.07 bits per heavy atom. The van der Waals surface area contributed by atoms with E-state index in [9.17, 15) is 24.0 Å². The molecule has 148 valence electrons. The largest absolute Gasteiger partial charge is 0.332 e. The van der Waals surface area contributed by atoms with Crippen molar-refractivity contribution in [3.63, 3.8) is 0 Å². The summed E-state index contributed by atoms with van der Waals surface area (Å²) < 4.78 is 3.49. The van der Waals surface area contributed by atoms with Crippen LogP contribution in [0.25, 0.3) is 22.2 Å². The van der Waals surface area contributed by atoms with Gasteiger partial charge >= 0.3 is 16.8 Å². The molecule has 0 saturated carbocycles. The number of amides is 1. The van der Waals surface area contributed by atoms with Crippen molar-refractivity contribution in [3.05, 3.63) is 66.1 Å². The number of benzene rings is 1. The molecule has 0 aliphatic carbocycles. The molecule has 1 amide bonds. The minimum absolute atomic E-state index is 0.201. The van der Waals surface area contributed by atoms with E-state index < -0.39 is 34.8 Å². The van der Waals surface area contributed by atoms with E-state index in [0.717, 1.165) is 4.57 Å². The number of aromatic nitrogens is 6. The maximum absolute atomic E-state index is 12.7. The van der Waals surface area contributed by atoms with Crippen LogP contribution in [0, 0.1) is 0 Å². The van der Waals surface area contributed by atoms with E-state index in [1.54, 1.807) is 7.05 Å². The zero-order valence-corrected chi connectivity index (χ0v) is 15.3. The van der Waals surface area contributed by atoms with Gasteiger partial charge in [0.1, 0.15) is 6.54 Å². The van der Waals surface area contributed by atoms with E-state index in [2.05, 4.69) is 20.3 Å². The van der Waals surface area contributed by atoms with Crippen molar-refractivity contribution in [2.75, 3.05) is 5.32 Å². The first kappa shape index (κ1) is 18.2. The molecule has 29 heavy (non-hydrogen) atoms. The lowest BCUT2D eigenvalue weighted by atomic mass is 10.2. The number of carbonyl (C=O) groups excluding carboxylic acids is 1. The molecule has 4 rings (SSSR count). The second-order valence-electron chi connectivity index (χ2n) is 6.48. The van der Waals surface area contributed by atoms with E-state index >= 15 is 0 Å². The number of imidazole rings is 1. The highest BCUT2D eigenvalue weighted by Gasteiger charge is 2.17. The quantitative estimate of drug-likeness (QED) is 0.361. The van der Waals surface area contributed by atoms with Gasteiger partial charge in [-0.3, -0.25) is 23.7 Å². The lowest BCUT2D eigenvalue weighted by Gasteiger charge is -2.10. The Hall–Kier alpha value is -4.22. The topological polar surface area (TPSA) is 157 Å². The molecule has 3 heterocycles. The number of anilines is 1. The Balaban J connectivity index is 1.68. The molecule has 1 aromatic carbocycles. The average molecular weight is 397 g/mol. The van der Waals surface area contributed by atoms with Crippen molar-refractivity contribution in [1.29, 1.82) is 0 Å². The maximum atomic E-state index is 12.7. The Bertz CT molecular complexity index is 1530. The highest BCUT2D eigenvalue weighted by Crippen LogP contribution is 2.13. The molecule has 12 nitrogen and oxygen atoms in total. The van der Waals surface area contributed by atoms with E-state index in [1.165, 1.54) is 40.7 Å². The number of nitrogens with one attached hydrogen (secondary N) is 3. The van der Waals surface area contributed by atoms with Gasteiger partial charge in [-0.2, -0.15) is 0 Å². The number of hydrogen-bond acceptors (Lipinski definition) is 6. The van der Waals surface area contributed by atoms with Crippen molar-refractivity contribution in [2.45, 2.75) is 6.54 Å². The summed E-state index contributed by atoms with van der Waals surface area (Å²) in [5, 5.41) is 2.56. The minimum atomic E-state index is -0.819. The van der Waals surface area contributed by atoms with Crippen LogP contribution in [0.1, 0.15) is 0 Å². The third kappa shape index (κ3) is 2.96.